The lowest BCUT2D eigenvalue weighted by Crippen LogP contribution is -2.53. The first-order chi connectivity index (χ1) is 15.7. The number of nitrogens with two attached hydrogens (primary N) is 1. The molecular formula is C26H38BClN2O4. The number of hydrogen-bond acceptors (Lipinski definition) is 5. The number of benzene rings is 2. The Morgan fingerprint density at radius 3 is 2.06 bits per heavy atom. The van der Waals surface area contributed by atoms with Crippen LogP contribution in [-0.2, 0) is 31.9 Å². The highest BCUT2D eigenvalue weighted by atomic mass is 35.5. The Bertz CT molecular complexity index is 867. The second-order valence-electron chi connectivity index (χ2n) is 9.72. The zero-order valence-corrected chi connectivity index (χ0v) is 21.5. The lowest BCUT2D eigenvalue weighted by molar-refractivity contribution is -0.124. The molecule has 1 aliphatic heterocycles. The Balaban J connectivity index is 0.00000408. The third kappa shape index (κ3) is 7.82. The molecule has 1 fully saturated rings. The third-order valence-corrected chi connectivity index (χ3v) is 6.50. The van der Waals surface area contributed by atoms with Gasteiger partial charge < -0.3 is 25.1 Å². The van der Waals surface area contributed by atoms with E-state index in [-0.39, 0.29) is 30.9 Å². The molecular weight excluding hydrogens is 451 g/mol. The van der Waals surface area contributed by atoms with Crippen LogP contribution in [0.2, 0.25) is 0 Å². The molecule has 0 bridgehead atoms. The maximum Gasteiger partial charge on any atom is 0.481 e. The molecule has 0 radical (unpaired) electrons. The average molecular weight is 489 g/mol. The van der Waals surface area contributed by atoms with E-state index in [9.17, 15) is 4.79 Å². The quantitative estimate of drug-likeness (QED) is 0.466. The number of aryl methyl sites for hydroxylation is 1. The van der Waals surface area contributed by atoms with Crippen LogP contribution in [0.4, 0.5) is 0 Å². The van der Waals surface area contributed by atoms with E-state index >= 15 is 0 Å². The Morgan fingerprint density at radius 2 is 1.50 bits per heavy atom. The molecule has 1 amide bonds. The predicted molar refractivity (Wildman–Crippen MR) is 139 cm³/mol. The van der Waals surface area contributed by atoms with Crippen molar-refractivity contribution in [2.45, 2.75) is 76.7 Å². The molecule has 1 heterocycles. The first-order valence-electron chi connectivity index (χ1n) is 11.8. The van der Waals surface area contributed by atoms with E-state index in [4.69, 9.17) is 19.8 Å². The summed E-state index contributed by atoms with van der Waals surface area (Å²) in [5.74, 6) is -0.565. The maximum absolute atomic E-state index is 12.9. The van der Waals surface area contributed by atoms with E-state index in [1.807, 2.05) is 76.2 Å². The van der Waals surface area contributed by atoms with Crippen LogP contribution in [0.3, 0.4) is 0 Å². The highest BCUT2D eigenvalue weighted by Gasteiger charge is 2.54. The number of nitrogens with one attached hydrogen (secondary N) is 1. The molecule has 0 spiro atoms. The first kappa shape index (κ1) is 28.3. The van der Waals surface area contributed by atoms with Crippen LogP contribution < -0.4 is 11.1 Å². The molecule has 186 valence electrons. The number of hydrogen-bond donors (Lipinski definition) is 2. The van der Waals surface area contributed by atoms with Crippen molar-refractivity contribution in [1.82, 2.24) is 5.32 Å². The normalized spacial score (nSPS) is 18.1. The van der Waals surface area contributed by atoms with Crippen LogP contribution in [0.25, 0.3) is 0 Å². The summed E-state index contributed by atoms with van der Waals surface area (Å²) in [6, 6.07) is 19.4. The van der Waals surface area contributed by atoms with E-state index in [0.717, 1.165) is 24.8 Å². The Labute approximate surface area is 210 Å². The van der Waals surface area contributed by atoms with Crippen molar-refractivity contribution in [1.29, 1.82) is 0 Å². The van der Waals surface area contributed by atoms with Crippen molar-refractivity contribution >= 4 is 25.4 Å². The van der Waals surface area contributed by atoms with Crippen LogP contribution in [0.5, 0.6) is 0 Å². The van der Waals surface area contributed by atoms with Crippen LogP contribution in [-0.4, -0.2) is 42.8 Å². The van der Waals surface area contributed by atoms with E-state index in [0.29, 0.717) is 6.61 Å². The minimum atomic E-state index is -0.771. The molecule has 2 atom stereocenters. The summed E-state index contributed by atoms with van der Waals surface area (Å²) in [5, 5.41) is 3.08. The molecule has 34 heavy (non-hydrogen) atoms. The summed E-state index contributed by atoms with van der Waals surface area (Å²) in [4.78, 5) is 12.9. The molecule has 0 aromatic heterocycles. The van der Waals surface area contributed by atoms with Gasteiger partial charge in [-0.25, -0.2) is 0 Å². The maximum atomic E-state index is 12.9. The fourth-order valence-corrected chi connectivity index (χ4v) is 3.74. The smallest absolute Gasteiger partial charge is 0.402 e. The van der Waals surface area contributed by atoms with Crippen molar-refractivity contribution in [2.75, 3.05) is 6.61 Å². The second-order valence-corrected chi connectivity index (χ2v) is 9.72. The summed E-state index contributed by atoms with van der Waals surface area (Å²) in [7, 11) is -0.535. The van der Waals surface area contributed by atoms with Gasteiger partial charge >= 0.3 is 7.12 Å². The Morgan fingerprint density at radius 1 is 0.971 bits per heavy atom. The minimum absolute atomic E-state index is 0. The van der Waals surface area contributed by atoms with E-state index in [2.05, 4.69) is 17.4 Å². The molecule has 1 unspecified atom stereocenters. The number of amides is 1. The standard InChI is InChI=1S/C26H37BN2O4.ClH/c1-25(2)26(3,4)33-27(32-25)23(17-11-16-20-12-7-5-8-13-20)29-24(30)22(28)19-31-18-21-14-9-6-10-15-21;/h5-10,12-15,22-23H,11,16-19,28H2,1-4H3,(H,29,30);1H/t22?,23-;/m0./s1. The van der Waals surface area contributed by atoms with Crippen molar-refractivity contribution in [3.63, 3.8) is 0 Å². The van der Waals surface area contributed by atoms with E-state index in [1.165, 1.54) is 5.56 Å². The van der Waals surface area contributed by atoms with Crippen LogP contribution in [0.1, 0.15) is 51.7 Å². The van der Waals surface area contributed by atoms with Gasteiger partial charge in [0.1, 0.15) is 6.04 Å². The van der Waals surface area contributed by atoms with Crippen molar-refractivity contribution in [2.24, 2.45) is 5.73 Å². The lowest BCUT2D eigenvalue weighted by Gasteiger charge is -2.32. The number of halogens is 1. The zero-order chi connectivity index (χ0) is 23.9. The molecule has 3 N–H and O–H groups in total. The summed E-state index contributed by atoms with van der Waals surface area (Å²) in [6.45, 7) is 8.61. The topological polar surface area (TPSA) is 82.8 Å². The van der Waals surface area contributed by atoms with Gasteiger partial charge in [-0.2, -0.15) is 0 Å². The monoisotopic (exact) mass is 488 g/mol. The Kier molecular flexibility index (Phi) is 10.6. The predicted octanol–water partition coefficient (Wildman–Crippen LogP) is 4.09. The van der Waals surface area contributed by atoms with Gasteiger partial charge in [0.25, 0.3) is 0 Å². The molecule has 2 aromatic rings. The summed E-state index contributed by atoms with van der Waals surface area (Å²) in [5.41, 5.74) is 7.50. The fraction of sp³-hybridized carbons (Fsp3) is 0.500. The molecule has 2 aromatic carbocycles. The highest BCUT2D eigenvalue weighted by Crippen LogP contribution is 2.38. The van der Waals surface area contributed by atoms with Gasteiger partial charge in [0.2, 0.25) is 5.91 Å². The summed E-state index contributed by atoms with van der Waals surface area (Å²) >= 11 is 0. The SMILES string of the molecule is CC1(C)OB([C@H](CCCc2ccccc2)NC(=O)C(N)COCc2ccccc2)OC1(C)C.Cl. The summed E-state index contributed by atoms with van der Waals surface area (Å²) < 4.78 is 18.1. The van der Waals surface area contributed by atoms with Gasteiger partial charge in [-0.1, -0.05) is 60.7 Å². The van der Waals surface area contributed by atoms with Gasteiger partial charge in [0.15, 0.2) is 0 Å². The first-order valence-corrected chi connectivity index (χ1v) is 11.8. The average Bonchev–Trinajstić information content (AvgIpc) is 3.01. The molecule has 1 saturated heterocycles. The van der Waals surface area contributed by atoms with Gasteiger partial charge in [-0.05, 0) is 58.1 Å². The fourth-order valence-electron chi connectivity index (χ4n) is 3.74. The van der Waals surface area contributed by atoms with Gasteiger partial charge in [0, 0.05) is 0 Å². The summed E-state index contributed by atoms with van der Waals surface area (Å²) in [6.07, 6.45) is 2.52. The van der Waals surface area contributed by atoms with E-state index in [1.54, 1.807) is 0 Å². The van der Waals surface area contributed by atoms with E-state index < -0.39 is 24.4 Å². The largest absolute Gasteiger partial charge is 0.481 e. The minimum Gasteiger partial charge on any atom is -0.402 e. The molecule has 1 aliphatic rings. The Hall–Kier alpha value is -1.90. The van der Waals surface area contributed by atoms with Crippen molar-refractivity contribution < 1.29 is 18.8 Å². The van der Waals surface area contributed by atoms with Crippen LogP contribution in [0.15, 0.2) is 60.7 Å². The number of carbonyl (C=O) groups is 1. The zero-order valence-electron chi connectivity index (χ0n) is 20.7. The van der Waals surface area contributed by atoms with Gasteiger partial charge in [0.05, 0.1) is 30.4 Å². The van der Waals surface area contributed by atoms with Crippen LogP contribution >= 0.6 is 12.4 Å². The number of rotatable bonds is 11. The number of carbonyl (C=O) groups excluding carboxylic acids is 1. The molecule has 0 aliphatic carbocycles. The molecule has 8 heteroatoms. The third-order valence-electron chi connectivity index (χ3n) is 6.50. The molecule has 6 nitrogen and oxygen atoms in total. The highest BCUT2D eigenvalue weighted by molar-refractivity contribution is 6.48. The van der Waals surface area contributed by atoms with Crippen LogP contribution in [0, 0.1) is 0 Å². The molecule has 3 rings (SSSR count). The second kappa shape index (κ2) is 12.7. The molecule has 0 saturated carbocycles. The van der Waals surface area contributed by atoms with Gasteiger partial charge in [-0.3, -0.25) is 4.79 Å². The van der Waals surface area contributed by atoms with Gasteiger partial charge in [-0.15, -0.1) is 12.4 Å². The lowest BCUT2D eigenvalue weighted by atomic mass is 9.75. The number of ether oxygens (including phenoxy) is 1. The van der Waals surface area contributed by atoms with Crippen molar-refractivity contribution in [3.8, 4) is 0 Å². The van der Waals surface area contributed by atoms with Crippen molar-refractivity contribution in [3.05, 3.63) is 71.8 Å².